The monoisotopic (exact) mass is 348 g/mol. The van der Waals surface area contributed by atoms with Gasteiger partial charge in [-0.15, -0.1) is 0 Å². The second-order valence-corrected chi connectivity index (χ2v) is 5.66. The summed E-state index contributed by atoms with van der Waals surface area (Å²) in [6, 6.07) is 14.6. The fourth-order valence-electron chi connectivity index (χ4n) is 1.97. The Balaban J connectivity index is 2.01. The van der Waals surface area contributed by atoms with Gasteiger partial charge in [0.25, 0.3) is 0 Å². The number of ether oxygens (including phenoxy) is 1. The topological polar surface area (TPSA) is 46.5 Å². The number of aliphatic hydroxyl groups excluding tert-OH is 1. The smallest absolute Gasteiger partial charge is 0.202 e. The molecule has 0 aromatic heterocycles. The molecule has 0 heterocycles. The normalized spacial score (nSPS) is 12.0. The molecule has 0 amide bonds. The lowest BCUT2D eigenvalue weighted by molar-refractivity contribution is 0.0818. The summed E-state index contributed by atoms with van der Waals surface area (Å²) in [5.41, 5.74) is 1.67. The number of hydrogen-bond donors (Lipinski definition) is 1. The Morgan fingerprint density at radius 1 is 1.14 bits per heavy atom. The Bertz CT molecular complexity index is 590. The van der Waals surface area contributed by atoms with Crippen LogP contribution in [0.25, 0.3) is 0 Å². The van der Waals surface area contributed by atoms with Crippen LogP contribution in [-0.2, 0) is 6.42 Å². The highest BCUT2D eigenvalue weighted by molar-refractivity contribution is 9.10. The summed E-state index contributed by atoms with van der Waals surface area (Å²) in [4.78, 5) is 12.3. The van der Waals surface area contributed by atoms with Crippen LogP contribution in [0.15, 0.2) is 53.0 Å². The molecule has 2 aromatic carbocycles. The Hall–Kier alpha value is -1.65. The molecule has 1 unspecified atom stereocenters. The summed E-state index contributed by atoms with van der Waals surface area (Å²) in [7, 11) is 0. The molecular formula is C17H17BrO3. The number of aliphatic hydroxyl groups is 1. The number of carbonyl (C=O) groups excluding carboxylic acids is 1. The molecule has 0 aliphatic carbocycles. The van der Waals surface area contributed by atoms with Crippen LogP contribution in [0.2, 0.25) is 0 Å². The first kappa shape index (κ1) is 15.7. The first-order valence-corrected chi connectivity index (χ1v) is 7.55. The Labute approximate surface area is 132 Å². The first-order chi connectivity index (χ1) is 10.1. The van der Waals surface area contributed by atoms with Crippen LogP contribution in [0, 0.1) is 0 Å². The summed E-state index contributed by atoms with van der Waals surface area (Å²) < 4.78 is 6.61. The summed E-state index contributed by atoms with van der Waals surface area (Å²) in [5, 5.41) is 8.87. The molecule has 4 heteroatoms. The maximum Gasteiger partial charge on any atom is 0.202 e. The fourth-order valence-corrected chi connectivity index (χ4v) is 2.23. The number of benzene rings is 2. The van der Waals surface area contributed by atoms with E-state index in [-0.39, 0.29) is 12.4 Å². The molecule has 3 nitrogen and oxygen atoms in total. The molecule has 0 bridgehead atoms. The highest BCUT2D eigenvalue weighted by Crippen LogP contribution is 2.17. The zero-order chi connectivity index (χ0) is 15.2. The van der Waals surface area contributed by atoms with Gasteiger partial charge < -0.3 is 9.84 Å². The third-order valence-corrected chi connectivity index (χ3v) is 3.66. The quantitative estimate of drug-likeness (QED) is 0.810. The van der Waals surface area contributed by atoms with Crippen molar-refractivity contribution in [2.75, 3.05) is 6.61 Å². The van der Waals surface area contributed by atoms with Crippen molar-refractivity contribution in [3.63, 3.8) is 0 Å². The van der Waals surface area contributed by atoms with Gasteiger partial charge in [0.1, 0.15) is 5.75 Å². The summed E-state index contributed by atoms with van der Waals surface area (Å²) in [6.45, 7) is 1.87. The predicted molar refractivity (Wildman–Crippen MR) is 85.8 cm³/mol. The maximum absolute atomic E-state index is 12.3. The number of carbonyl (C=O) groups is 1. The number of rotatable bonds is 6. The molecule has 110 valence electrons. The van der Waals surface area contributed by atoms with Crippen molar-refractivity contribution in [1.82, 2.24) is 0 Å². The van der Waals surface area contributed by atoms with Crippen LogP contribution in [0.3, 0.4) is 0 Å². The lowest BCUT2D eigenvalue weighted by Gasteiger charge is -2.14. The first-order valence-electron chi connectivity index (χ1n) is 6.76. The van der Waals surface area contributed by atoms with Crippen LogP contribution in [0.4, 0.5) is 0 Å². The second kappa shape index (κ2) is 7.38. The van der Waals surface area contributed by atoms with E-state index in [4.69, 9.17) is 9.84 Å². The Morgan fingerprint density at radius 3 is 2.33 bits per heavy atom. The van der Waals surface area contributed by atoms with E-state index in [0.29, 0.717) is 17.7 Å². The van der Waals surface area contributed by atoms with E-state index in [9.17, 15) is 4.79 Å². The molecule has 21 heavy (non-hydrogen) atoms. The summed E-state index contributed by atoms with van der Waals surface area (Å²) in [6.07, 6.45) is 0.0723. The molecule has 0 aliphatic rings. The molecule has 0 saturated carbocycles. The van der Waals surface area contributed by atoms with E-state index < -0.39 is 6.10 Å². The molecule has 0 aliphatic heterocycles. The Morgan fingerprint density at radius 2 is 1.76 bits per heavy atom. The van der Waals surface area contributed by atoms with Gasteiger partial charge in [-0.05, 0) is 43.2 Å². The van der Waals surface area contributed by atoms with E-state index in [0.717, 1.165) is 10.0 Å². The maximum atomic E-state index is 12.3. The van der Waals surface area contributed by atoms with Crippen molar-refractivity contribution in [3.05, 3.63) is 64.1 Å². The molecule has 0 radical (unpaired) electrons. The summed E-state index contributed by atoms with van der Waals surface area (Å²) >= 11 is 3.34. The van der Waals surface area contributed by atoms with Gasteiger partial charge in [-0.3, -0.25) is 4.79 Å². The molecule has 1 N–H and O–H groups in total. The van der Waals surface area contributed by atoms with E-state index in [2.05, 4.69) is 15.9 Å². The number of Topliss-reactive ketones (excluding diaryl/α,β-unsaturated/α-hetero) is 1. The molecular weight excluding hydrogens is 332 g/mol. The Kier molecular flexibility index (Phi) is 5.53. The van der Waals surface area contributed by atoms with E-state index >= 15 is 0 Å². The zero-order valence-electron chi connectivity index (χ0n) is 11.8. The SMILES string of the molecule is CC(Oc1ccc(CCO)cc1)C(=O)c1ccc(Br)cc1. The van der Waals surface area contributed by atoms with Crippen molar-refractivity contribution in [1.29, 1.82) is 0 Å². The molecule has 0 spiro atoms. The van der Waals surface area contributed by atoms with Gasteiger partial charge >= 0.3 is 0 Å². The van der Waals surface area contributed by atoms with Gasteiger partial charge in [0.05, 0.1) is 0 Å². The molecule has 2 rings (SSSR count). The van der Waals surface area contributed by atoms with Crippen LogP contribution >= 0.6 is 15.9 Å². The third-order valence-electron chi connectivity index (χ3n) is 3.13. The molecule has 1 atom stereocenters. The van der Waals surface area contributed by atoms with Gasteiger partial charge in [0.15, 0.2) is 6.10 Å². The molecule has 0 fully saturated rings. The molecule has 2 aromatic rings. The highest BCUT2D eigenvalue weighted by atomic mass is 79.9. The van der Waals surface area contributed by atoms with Gasteiger partial charge in [-0.2, -0.15) is 0 Å². The standard InChI is InChI=1S/C17H17BrO3/c1-12(17(20)14-4-6-15(18)7-5-14)21-16-8-2-13(3-9-16)10-11-19/h2-9,12,19H,10-11H2,1H3. The van der Waals surface area contributed by atoms with Crippen molar-refractivity contribution in [3.8, 4) is 5.75 Å². The fraction of sp³-hybridized carbons (Fsp3) is 0.235. The minimum absolute atomic E-state index is 0.0538. The van der Waals surface area contributed by atoms with Gasteiger partial charge in [0.2, 0.25) is 5.78 Å². The second-order valence-electron chi connectivity index (χ2n) is 4.75. The minimum Gasteiger partial charge on any atom is -0.483 e. The van der Waals surface area contributed by atoms with Crippen LogP contribution in [-0.4, -0.2) is 23.6 Å². The van der Waals surface area contributed by atoms with Crippen molar-refractivity contribution in [2.45, 2.75) is 19.4 Å². The van der Waals surface area contributed by atoms with Crippen molar-refractivity contribution >= 4 is 21.7 Å². The predicted octanol–water partition coefficient (Wildman–Crippen LogP) is 3.63. The number of hydrogen-bond acceptors (Lipinski definition) is 3. The average Bonchev–Trinajstić information content (AvgIpc) is 2.49. The van der Waals surface area contributed by atoms with Gasteiger partial charge in [0, 0.05) is 16.6 Å². The van der Waals surface area contributed by atoms with Gasteiger partial charge in [-0.25, -0.2) is 0 Å². The van der Waals surface area contributed by atoms with Crippen LogP contribution < -0.4 is 4.74 Å². The lowest BCUT2D eigenvalue weighted by atomic mass is 10.1. The van der Waals surface area contributed by atoms with Crippen LogP contribution in [0.1, 0.15) is 22.8 Å². The highest BCUT2D eigenvalue weighted by Gasteiger charge is 2.16. The largest absolute Gasteiger partial charge is 0.483 e. The lowest BCUT2D eigenvalue weighted by Crippen LogP contribution is -2.23. The van der Waals surface area contributed by atoms with E-state index in [1.165, 1.54) is 0 Å². The average molecular weight is 349 g/mol. The van der Waals surface area contributed by atoms with E-state index in [1.807, 2.05) is 36.4 Å². The minimum atomic E-state index is -0.546. The summed E-state index contributed by atoms with van der Waals surface area (Å²) in [5.74, 6) is 0.594. The third kappa shape index (κ3) is 4.41. The van der Waals surface area contributed by atoms with Crippen LogP contribution in [0.5, 0.6) is 5.75 Å². The van der Waals surface area contributed by atoms with Crippen molar-refractivity contribution < 1.29 is 14.6 Å². The van der Waals surface area contributed by atoms with Crippen molar-refractivity contribution in [2.24, 2.45) is 0 Å². The van der Waals surface area contributed by atoms with Gasteiger partial charge in [-0.1, -0.05) is 40.2 Å². The number of ketones is 1. The number of halogens is 1. The zero-order valence-corrected chi connectivity index (χ0v) is 13.3. The molecule has 0 saturated heterocycles. The van der Waals surface area contributed by atoms with E-state index in [1.54, 1.807) is 19.1 Å².